The number of alkyl halides is 1. The summed E-state index contributed by atoms with van der Waals surface area (Å²) >= 11 is 6.60. The Bertz CT molecular complexity index is 841. The van der Waals surface area contributed by atoms with Crippen LogP contribution >= 0.6 is 11.6 Å². The highest BCUT2D eigenvalue weighted by atomic mass is 35.5. The molecule has 1 aromatic carbocycles. The minimum Gasteiger partial charge on any atom is -0.466 e. The number of nitrogens with one attached hydrogen (secondary N) is 2. The summed E-state index contributed by atoms with van der Waals surface area (Å²) in [7, 11) is 0. The Labute approximate surface area is 120 Å². The fraction of sp³-hybridized carbons (Fsp3) is 0.267. The van der Waals surface area contributed by atoms with Gasteiger partial charge in [-0.1, -0.05) is 6.07 Å². The molecule has 104 valence electrons. The summed E-state index contributed by atoms with van der Waals surface area (Å²) in [5.74, 6) is 1.72. The van der Waals surface area contributed by atoms with Gasteiger partial charge in [0, 0.05) is 5.56 Å². The largest absolute Gasteiger partial charge is 0.466 e. The van der Waals surface area contributed by atoms with Crippen LogP contribution < -0.4 is 5.69 Å². The number of rotatable bonds is 2. The average molecular weight is 291 g/mol. The van der Waals surface area contributed by atoms with Crippen molar-refractivity contribution in [1.29, 1.82) is 0 Å². The number of imidazole rings is 1. The maximum absolute atomic E-state index is 11.3. The normalized spacial score (nSPS) is 13.0. The first kappa shape index (κ1) is 13.1. The summed E-state index contributed by atoms with van der Waals surface area (Å²) < 4.78 is 5.63. The highest BCUT2D eigenvalue weighted by molar-refractivity contribution is 6.23. The Balaban J connectivity index is 2.11. The van der Waals surface area contributed by atoms with E-state index in [0.717, 1.165) is 39.2 Å². The van der Waals surface area contributed by atoms with Crippen LogP contribution in [0.2, 0.25) is 0 Å². The summed E-state index contributed by atoms with van der Waals surface area (Å²) in [6.07, 6.45) is 0. The van der Waals surface area contributed by atoms with Crippen LogP contribution in [0, 0.1) is 20.8 Å². The molecule has 2 N–H and O–H groups in total. The molecule has 0 fully saturated rings. The van der Waals surface area contributed by atoms with Crippen molar-refractivity contribution in [2.45, 2.75) is 26.1 Å². The van der Waals surface area contributed by atoms with Gasteiger partial charge in [0.15, 0.2) is 0 Å². The smallest absolute Gasteiger partial charge is 0.323 e. The van der Waals surface area contributed by atoms with Gasteiger partial charge in [0.05, 0.1) is 16.4 Å². The van der Waals surface area contributed by atoms with Crippen LogP contribution in [0.3, 0.4) is 0 Å². The molecule has 0 saturated heterocycles. The van der Waals surface area contributed by atoms with E-state index in [2.05, 4.69) is 9.97 Å². The third kappa shape index (κ3) is 1.96. The fourth-order valence-corrected chi connectivity index (χ4v) is 3.01. The van der Waals surface area contributed by atoms with Crippen LogP contribution in [0.1, 0.15) is 33.6 Å². The predicted molar refractivity (Wildman–Crippen MR) is 79.5 cm³/mol. The number of aromatic amines is 2. The number of furan rings is 1. The minimum absolute atomic E-state index is 0.213. The van der Waals surface area contributed by atoms with Gasteiger partial charge >= 0.3 is 5.69 Å². The second kappa shape index (κ2) is 4.56. The Morgan fingerprint density at radius 3 is 2.45 bits per heavy atom. The molecule has 0 aliphatic carbocycles. The number of H-pyrrole nitrogens is 2. The van der Waals surface area contributed by atoms with Crippen molar-refractivity contribution in [2.75, 3.05) is 0 Å². The van der Waals surface area contributed by atoms with E-state index < -0.39 is 0 Å². The molecule has 0 bridgehead atoms. The SMILES string of the molecule is Cc1oc(C)c(C(Cl)c2ccc3[nH]c(=O)[nH]c3c2)c1C. The molecular weight excluding hydrogens is 276 g/mol. The molecule has 3 aromatic rings. The molecule has 0 aliphatic heterocycles. The number of aromatic nitrogens is 2. The molecule has 0 radical (unpaired) electrons. The van der Waals surface area contributed by atoms with E-state index in [1.807, 2.05) is 39.0 Å². The van der Waals surface area contributed by atoms with E-state index in [9.17, 15) is 4.79 Å². The number of aryl methyl sites for hydroxylation is 2. The lowest BCUT2D eigenvalue weighted by Crippen LogP contribution is -1.99. The number of benzene rings is 1. The molecule has 2 heterocycles. The van der Waals surface area contributed by atoms with Crippen molar-refractivity contribution in [3.05, 3.63) is 56.9 Å². The zero-order chi connectivity index (χ0) is 14.4. The maximum atomic E-state index is 11.3. The Morgan fingerprint density at radius 1 is 1.10 bits per heavy atom. The average Bonchev–Trinajstić information content (AvgIpc) is 2.87. The van der Waals surface area contributed by atoms with Gasteiger partial charge in [-0.3, -0.25) is 0 Å². The monoisotopic (exact) mass is 290 g/mol. The van der Waals surface area contributed by atoms with Gasteiger partial charge in [-0.15, -0.1) is 11.6 Å². The zero-order valence-corrected chi connectivity index (χ0v) is 12.3. The molecule has 0 saturated carbocycles. The van der Waals surface area contributed by atoms with Gasteiger partial charge in [-0.25, -0.2) is 4.79 Å². The van der Waals surface area contributed by atoms with E-state index >= 15 is 0 Å². The summed E-state index contributed by atoms with van der Waals surface area (Å²) in [5, 5.41) is -0.296. The molecule has 0 spiro atoms. The third-order valence-corrected chi connectivity index (χ3v) is 4.17. The van der Waals surface area contributed by atoms with Crippen molar-refractivity contribution in [3.8, 4) is 0 Å². The highest BCUT2D eigenvalue weighted by Gasteiger charge is 2.21. The lowest BCUT2D eigenvalue weighted by Gasteiger charge is -2.10. The van der Waals surface area contributed by atoms with Crippen LogP contribution in [0.25, 0.3) is 11.0 Å². The predicted octanol–water partition coefficient (Wildman–Crippen LogP) is 3.70. The van der Waals surface area contributed by atoms with E-state index in [4.69, 9.17) is 16.0 Å². The first-order valence-corrected chi connectivity index (χ1v) is 6.83. The number of hydrogen-bond acceptors (Lipinski definition) is 2. The van der Waals surface area contributed by atoms with Gasteiger partial charge < -0.3 is 14.4 Å². The second-order valence-electron chi connectivity index (χ2n) is 5.00. The first-order valence-electron chi connectivity index (χ1n) is 6.40. The first-order chi connectivity index (χ1) is 9.47. The van der Waals surface area contributed by atoms with E-state index in [-0.39, 0.29) is 11.1 Å². The number of halogens is 1. The van der Waals surface area contributed by atoms with Crippen molar-refractivity contribution < 1.29 is 4.42 Å². The number of hydrogen-bond donors (Lipinski definition) is 2. The quantitative estimate of drug-likeness (QED) is 0.707. The zero-order valence-electron chi connectivity index (χ0n) is 11.5. The highest BCUT2D eigenvalue weighted by Crippen LogP contribution is 2.36. The summed E-state index contributed by atoms with van der Waals surface area (Å²) in [6.45, 7) is 5.86. The van der Waals surface area contributed by atoms with Gasteiger partial charge in [0.2, 0.25) is 0 Å². The lowest BCUT2D eigenvalue weighted by atomic mass is 10.0. The van der Waals surface area contributed by atoms with Crippen molar-refractivity contribution in [1.82, 2.24) is 9.97 Å². The molecule has 2 aromatic heterocycles. The topological polar surface area (TPSA) is 61.8 Å². The summed E-state index contributed by atoms with van der Waals surface area (Å²) in [4.78, 5) is 16.8. The van der Waals surface area contributed by atoms with Crippen LogP contribution in [0.15, 0.2) is 27.4 Å². The van der Waals surface area contributed by atoms with Gasteiger partial charge in [0.25, 0.3) is 0 Å². The van der Waals surface area contributed by atoms with Crippen LogP contribution in [-0.4, -0.2) is 9.97 Å². The molecule has 1 unspecified atom stereocenters. The molecule has 0 aliphatic rings. The standard InChI is InChI=1S/C15H15ClN2O2/c1-7-8(2)20-9(3)13(7)14(16)10-4-5-11-12(6-10)18-15(19)17-11/h4-6,14H,1-3H3,(H2,17,18,19). The van der Waals surface area contributed by atoms with Gasteiger partial charge in [0.1, 0.15) is 11.5 Å². The molecule has 4 nitrogen and oxygen atoms in total. The third-order valence-electron chi connectivity index (χ3n) is 3.70. The lowest BCUT2D eigenvalue weighted by molar-refractivity contribution is 0.500. The molecule has 3 rings (SSSR count). The fourth-order valence-electron chi connectivity index (χ4n) is 2.56. The molecular formula is C15H15ClN2O2. The molecule has 0 amide bonds. The maximum Gasteiger partial charge on any atom is 0.323 e. The molecule has 5 heteroatoms. The van der Waals surface area contributed by atoms with Crippen LogP contribution in [0.4, 0.5) is 0 Å². The van der Waals surface area contributed by atoms with Crippen LogP contribution in [-0.2, 0) is 0 Å². The van der Waals surface area contributed by atoms with Gasteiger partial charge in [-0.2, -0.15) is 0 Å². The van der Waals surface area contributed by atoms with E-state index in [1.165, 1.54) is 0 Å². The van der Waals surface area contributed by atoms with Crippen molar-refractivity contribution in [2.24, 2.45) is 0 Å². The number of fused-ring (bicyclic) bond motifs is 1. The van der Waals surface area contributed by atoms with E-state index in [1.54, 1.807) is 0 Å². The van der Waals surface area contributed by atoms with Crippen molar-refractivity contribution >= 4 is 22.6 Å². The van der Waals surface area contributed by atoms with E-state index in [0.29, 0.717) is 0 Å². The van der Waals surface area contributed by atoms with Gasteiger partial charge in [-0.05, 0) is 44.0 Å². The molecule has 20 heavy (non-hydrogen) atoms. The Morgan fingerprint density at radius 2 is 1.80 bits per heavy atom. The Hall–Kier alpha value is -1.94. The second-order valence-corrected chi connectivity index (χ2v) is 5.44. The Kier molecular flexibility index (Phi) is 2.98. The molecule has 1 atom stereocenters. The summed E-state index contributed by atoms with van der Waals surface area (Å²) in [5.41, 5.74) is 4.33. The van der Waals surface area contributed by atoms with Crippen LogP contribution in [0.5, 0.6) is 0 Å². The minimum atomic E-state index is -0.296. The van der Waals surface area contributed by atoms with Crippen molar-refractivity contribution in [3.63, 3.8) is 0 Å². The summed E-state index contributed by atoms with van der Waals surface area (Å²) in [6, 6.07) is 5.67.